The van der Waals surface area contributed by atoms with E-state index in [-0.39, 0.29) is 0 Å². The molecule has 1 aromatic heterocycles. The van der Waals surface area contributed by atoms with Crippen LogP contribution in [0.25, 0.3) is 22.0 Å². The van der Waals surface area contributed by atoms with Crippen LogP contribution >= 0.6 is 0 Å². The molecule has 5 nitrogen and oxygen atoms in total. The number of aromatic carboxylic acids is 1. The Morgan fingerprint density at radius 1 is 1.05 bits per heavy atom. The molecule has 0 amide bonds. The van der Waals surface area contributed by atoms with Gasteiger partial charge in [-0.15, -0.1) is 0 Å². The Labute approximate surface area is 113 Å². The van der Waals surface area contributed by atoms with E-state index in [0.717, 1.165) is 11.1 Å². The number of benzene rings is 2. The molecule has 0 aliphatic heterocycles. The van der Waals surface area contributed by atoms with Crippen molar-refractivity contribution in [2.45, 2.75) is 0 Å². The van der Waals surface area contributed by atoms with E-state index in [0.29, 0.717) is 10.9 Å². The number of carboxylic acids is 1. The van der Waals surface area contributed by atoms with Gasteiger partial charge in [-0.1, -0.05) is 42.5 Å². The van der Waals surface area contributed by atoms with E-state index >= 15 is 0 Å². The Kier molecular flexibility index (Phi) is 2.80. The lowest BCUT2D eigenvalue weighted by Crippen LogP contribution is -2.18. The average molecular weight is 266 g/mol. The Bertz CT molecular complexity index is 854. The molecule has 5 heteroatoms. The van der Waals surface area contributed by atoms with Crippen LogP contribution in [0.2, 0.25) is 0 Å². The van der Waals surface area contributed by atoms with E-state index in [2.05, 4.69) is 10.2 Å². The van der Waals surface area contributed by atoms with E-state index in [1.165, 1.54) is 0 Å². The fourth-order valence-corrected chi connectivity index (χ4v) is 2.16. The number of fused-ring (bicyclic) bond motifs is 1. The van der Waals surface area contributed by atoms with Gasteiger partial charge in [0.15, 0.2) is 0 Å². The Hall–Kier alpha value is -2.95. The van der Waals surface area contributed by atoms with E-state index < -0.39 is 17.1 Å². The van der Waals surface area contributed by atoms with Gasteiger partial charge in [-0.2, -0.15) is 5.10 Å². The molecule has 3 rings (SSSR count). The van der Waals surface area contributed by atoms with Crippen molar-refractivity contribution in [3.8, 4) is 11.1 Å². The maximum absolute atomic E-state index is 12.1. The minimum Gasteiger partial charge on any atom is -0.476 e. The lowest BCUT2D eigenvalue weighted by Gasteiger charge is -2.06. The highest BCUT2D eigenvalue weighted by molar-refractivity contribution is 5.96. The first kappa shape index (κ1) is 12.1. The number of nitrogens with zero attached hydrogens (tertiary/aromatic N) is 1. The van der Waals surface area contributed by atoms with E-state index in [4.69, 9.17) is 5.11 Å². The van der Waals surface area contributed by atoms with Crippen molar-refractivity contribution in [1.29, 1.82) is 0 Å². The monoisotopic (exact) mass is 266 g/mol. The molecule has 1 heterocycles. The summed E-state index contributed by atoms with van der Waals surface area (Å²) >= 11 is 0. The lowest BCUT2D eigenvalue weighted by atomic mass is 10.0. The summed E-state index contributed by atoms with van der Waals surface area (Å²) < 4.78 is 0. The van der Waals surface area contributed by atoms with Crippen LogP contribution in [0.1, 0.15) is 10.5 Å². The summed E-state index contributed by atoms with van der Waals surface area (Å²) in [6.07, 6.45) is 0. The predicted octanol–water partition coefficient (Wildman–Crippen LogP) is 2.29. The molecule has 0 saturated carbocycles. The lowest BCUT2D eigenvalue weighted by molar-refractivity contribution is 0.0688. The van der Waals surface area contributed by atoms with Gasteiger partial charge in [-0.25, -0.2) is 4.79 Å². The van der Waals surface area contributed by atoms with Gasteiger partial charge in [0, 0.05) is 5.56 Å². The summed E-state index contributed by atoms with van der Waals surface area (Å²) in [4.78, 5) is 23.0. The largest absolute Gasteiger partial charge is 0.476 e. The Morgan fingerprint density at radius 2 is 1.80 bits per heavy atom. The molecule has 3 aromatic rings. The van der Waals surface area contributed by atoms with Crippen molar-refractivity contribution < 1.29 is 9.90 Å². The second-order valence-corrected chi connectivity index (χ2v) is 4.30. The van der Waals surface area contributed by atoms with Gasteiger partial charge < -0.3 is 5.11 Å². The van der Waals surface area contributed by atoms with E-state index in [1.807, 2.05) is 36.4 Å². The molecule has 0 spiro atoms. The van der Waals surface area contributed by atoms with Gasteiger partial charge in [0.05, 0.1) is 10.9 Å². The molecule has 20 heavy (non-hydrogen) atoms. The van der Waals surface area contributed by atoms with Crippen molar-refractivity contribution in [3.63, 3.8) is 0 Å². The minimum absolute atomic E-state index is 0.318. The Balaban J connectivity index is 2.35. The first-order chi connectivity index (χ1) is 9.68. The summed E-state index contributed by atoms with van der Waals surface area (Å²) in [6.45, 7) is 0. The number of para-hydroxylation sites is 1. The summed E-state index contributed by atoms with van der Waals surface area (Å²) in [5.74, 6) is -1.33. The van der Waals surface area contributed by atoms with Gasteiger partial charge in [-0.3, -0.25) is 9.89 Å². The number of rotatable bonds is 2. The van der Waals surface area contributed by atoms with Gasteiger partial charge >= 0.3 is 5.97 Å². The summed E-state index contributed by atoms with van der Waals surface area (Å²) in [5.41, 5.74) is 1.20. The summed E-state index contributed by atoms with van der Waals surface area (Å²) in [7, 11) is 0. The standard InChI is InChI=1S/C15H10N2O3/c18-14-11-8-4-7-10(9-5-2-1-3-6-9)12(11)16-17-13(14)15(19)20/h1-8H,(H,16,18)(H,19,20). The molecule has 0 radical (unpaired) electrons. The maximum Gasteiger partial charge on any atom is 0.360 e. The van der Waals surface area contributed by atoms with Crippen LogP contribution in [0.4, 0.5) is 0 Å². The molecule has 0 aliphatic rings. The molecule has 98 valence electrons. The number of nitrogens with one attached hydrogen (secondary N) is 1. The third-order valence-electron chi connectivity index (χ3n) is 3.09. The summed E-state index contributed by atoms with van der Waals surface area (Å²) in [6, 6.07) is 14.7. The van der Waals surface area contributed by atoms with Crippen LogP contribution in [-0.4, -0.2) is 21.3 Å². The molecule has 0 aliphatic carbocycles. The fraction of sp³-hybridized carbons (Fsp3) is 0. The Morgan fingerprint density at radius 3 is 2.50 bits per heavy atom. The smallest absolute Gasteiger partial charge is 0.360 e. The number of hydrogen-bond acceptors (Lipinski definition) is 3. The van der Waals surface area contributed by atoms with Gasteiger partial charge in [0.25, 0.3) is 0 Å². The number of H-pyrrole nitrogens is 1. The average Bonchev–Trinajstić information content (AvgIpc) is 2.48. The topological polar surface area (TPSA) is 83.0 Å². The van der Waals surface area contributed by atoms with Crippen LogP contribution < -0.4 is 5.43 Å². The number of carbonyl (C=O) groups is 1. The first-order valence-corrected chi connectivity index (χ1v) is 5.98. The second-order valence-electron chi connectivity index (χ2n) is 4.30. The molecule has 0 atom stereocenters. The molecule has 0 fully saturated rings. The van der Waals surface area contributed by atoms with E-state index in [1.54, 1.807) is 12.1 Å². The quantitative estimate of drug-likeness (QED) is 0.745. The highest BCUT2D eigenvalue weighted by Gasteiger charge is 2.15. The van der Waals surface area contributed by atoms with Crippen LogP contribution in [0.15, 0.2) is 53.3 Å². The van der Waals surface area contributed by atoms with Crippen LogP contribution in [0.3, 0.4) is 0 Å². The highest BCUT2D eigenvalue weighted by Crippen LogP contribution is 2.25. The molecule has 2 aromatic carbocycles. The van der Waals surface area contributed by atoms with Gasteiger partial charge in [-0.05, 0) is 11.6 Å². The molecular weight excluding hydrogens is 256 g/mol. The number of aromatic amines is 1. The van der Waals surface area contributed by atoms with Gasteiger partial charge in [0.2, 0.25) is 11.1 Å². The third kappa shape index (κ3) is 1.85. The zero-order valence-electron chi connectivity index (χ0n) is 10.3. The van der Waals surface area contributed by atoms with Crippen LogP contribution in [-0.2, 0) is 0 Å². The van der Waals surface area contributed by atoms with E-state index in [9.17, 15) is 9.59 Å². The van der Waals surface area contributed by atoms with Crippen molar-refractivity contribution >= 4 is 16.9 Å². The van der Waals surface area contributed by atoms with Gasteiger partial charge in [0.1, 0.15) is 0 Å². The number of hydrogen-bond donors (Lipinski definition) is 2. The molecule has 0 unspecified atom stereocenters. The SMILES string of the molecule is O=C(O)c1n[nH]c2c(-c3ccccc3)cccc2c1=O. The molecule has 0 bridgehead atoms. The van der Waals surface area contributed by atoms with Crippen molar-refractivity contribution in [2.75, 3.05) is 0 Å². The maximum atomic E-state index is 12.1. The third-order valence-corrected chi connectivity index (χ3v) is 3.09. The normalized spacial score (nSPS) is 10.6. The molecule has 2 N–H and O–H groups in total. The highest BCUT2D eigenvalue weighted by atomic mass is 16.4. The van der Waals surface area contributed by atoms with Crippen molar-refractivity contribution in [3.05, 3.63) is 64.4 Å². The fourth-order valence-electron chi connectivity index (χ4n) is 2.16. The second kappa shape index (κ2) is 4.62. The van der Waals surface area contributed by atoms with Crippen molar-refractivity contribution in [2.24, 2.45) is 0 Å². The minimum atomic E-state index is -1.33. The summed E-state index contributed by atoms with van der Waals surface area (Å²) in [5, 5.41) is 15.6. The number of aromatic nitrogens is 2. The molecular formula is C15H10N2O3. The zero-order valence-corrected chi connectivity index (χ0v) is 10.3. The molecule has 0 saturated heterocycles. The van der Waals surface area contributed by atoms with Crippen LogP contribution in [0.5, 0.6) is 0 Å². The van der Waals surface area contributed by atoms with Crippen molar-refractivity contribution in [1.82, 2.24) is 10.2 Å². The first-order valence-electron chi connectivity index (χ1n) is 5.98. The van der Waals surface area contributed by atoms with Crippen LogP contribution in [0, 0.1) is 0 Å². The number of carboxylic acid groups (broad SMARTS) is 1. The zero-order chi connectivity index (χ0) is 14.1. The predicted molar refractivity (Wildman–Crippen MR) is 74.8 cm³/mol.